The number of aliphatic hydroxyl groups is 1. The third kappa shape index (κ3) is 6.38. The van der Waals surface area contributed by atoms with Crippen LogP contribution < -0.4 is 5.32 Å². The quantitative estimate of drug-likeness (QED) is 0.704. The van der Waals surface area contributed by atoms with E-state index in [2.05, 4.69) is 11.4 Å². The average molecular weight is 260 g/mol. The van der Waals surface area contributed by atoms with Gasteiger partial charge in [0.05, 0.1) is 0 Å². The molecule has 0 unspecified atom stereocenters. The number of thioether (sulfide) groups is 1. The molecule has 1 aromatic carbocycles. The zero-order chi connectivity index (χ0) is 11.6. The zero-order valence-electron chi connectivity index (χ0n) is 9.29. The molecule has 0 amide bonds. The highest BCUT2D eigenvalue weighted by Crippen LogP contribution is 2.10. The van der Waals surface area contributed by atoms with Gasteiger partial charge in [0, 0.05) is 30.5 Å². The van der Waals surface area contributed by atoms with Crippen molar-refractivity contribution in [1.29, 1.82) is 0 Å². The summed E-state index contributed by atoms with van der Waals surface area (Å²) >= 11 is 7.75. The largest absolute Gasteiger partial charge is 0.396 e. The normalized spacial score (nSPS) is 10.6. The van der Waals surface area contributed by atoms with E-state index in [0.29, 0.717) is 6.61 Å². The van der Waals surface area contributed by atoms with Gasteiger partial charge in [0.2, 0.25) is 0 Å². The van der Waals surface area contributed by atoms with Crippen LogP contribution in [0.25, 0.3) is 0 Å². The van der Waals surface area contributed by atoms with Gasteiger partial charge in [-0.3, -0.25) is 0 Å². The molecule has 90 valence electrons. The van der Waals surface area contributed by atoms with Gasteiger partial charge in [-0.25, -0.2) is 0 Å². The van der Waals surface area contributed by atoms with Crippen molar-refractivity contribution < 1.29 is 5.11 Å². The molecule has 0 heterocycles. The average Bonchev–Trinajstić information content (AvgIpc) is 2.28. The molecule has 2 nitrogen and oxygen atoms in total. The molecule has 0 fully saturated rings. The van der Waals surface area contributed by atoms with E-state index in [1.807, 2.05) is 30.0 Å². The minimum atomic E-state index is 0.295. The van der Waals surface area contributed by atoms with Crippen molar-refractivity contribution in [3.05, 3.63) is 34.9 Å². The standard InChI is InChI=1S/C12H18ClNOS/c13-12-4-1-3-11(9-12)10-14-5-8-16-7-2-6-15/h1,3-4,9,14-15H,2,5-8,10H2. The molecule has 0 aliphatic carbocycles. The van der Waals surface area contributed by atoms with E-state index < -0.39 is 0 Å². The predicted octanol–water partition coefficient (Wildman–Crippen LogP) is 2.55. The van der Waals surface area contributed by atoms with Crippen LogP contribution in [0.4, 0.5) is 0 Å². The third-order valence-electron chi connectivity index (χ3n) is 2.09. The molecule has 2 N–H and O–H groups in total. The first-order chi connectivity index (χ1) is 7.83. The van der Waals surface area contributed by atoms with E-state index in [0.717, 1.165) is 36.0 Å². The minimum absolute atomic E-state index is 0.295. The molecule has 0 bridgehead atoms. The summed E-state index contributed by atoms with van der Waals surface area (Å²) in [6.45, 7) is 2.15. The summed E-state index contributed by atoms with van der Waals surface area (Å²) in [6, 6.07) is 7.90. The topological polar surface area (TPSA) is 32.3 Å². The van der Waals surface area contributed by atoms with E-state index in [9.17, 15) is 0 Å². The van der Waals surface area contributed by atoms with Crippen molar-refractivity contribution in [3.8, 4) is 0 Å². The molecule has 4 heteroatoms. The smallest absolute Gasteiger partial charge is 0.0438 e. The first-order valence-corrected chi connectivity index (χ1v) is 7.00. The summed E-state index contributed by atoms with van der Waals surface area (Å²) in [7, 11) is 0. The molecule has 0 spiro atoms. The van der Waals surface area contributed by atoms with Crippen LogP contribution in [0.1, 0.15) is 12.0 Å². The predicted molar refractivity (Wildman–Crippen MR) is 72.2 cm³/mol. The summed E-state index contributed by atoms with van der Waals surface area (Å²) in [6.07, 6.45) is 0.888. The van der Waals surface area contributed by atoms with Crippen LogP contribution in [0.2, 0.25) is 5.02 Å². The molecule has 0 saturated carbocycles. The Kier molecular flexibility index (Phi) is 7.68. The Morgan fingerprint density at radius 1 is 1.31 bits per heavy atom. The maximum Gasteiger partial charge on any atom is 0.0438 e. The SMILES string of the molecule is OCCCSCCNCc1cccc(Cl)c1. The number of benzene rings is 1. The molecule has 0 aromatic heterocycles. The second-order valence-electron chi connectivity index (χ2n) is 3.50. The van der Waals surface area contributed by atoms with Gasteiger partial charge in [-0.15, -0.1) is 0 Å². The summed E-state index contributed by atoms with van der Waals surface area (Å²) in [5.74, 6) is 2.12. The van der Waals surface area contributed by atoms with Crippen LogP contribution in [0.3, 0.4) is 0 Å². The van der Waals surface area contributed by atoms with Gasteiger partial charge in [0.1, 0.15) is 0 Å². The highest BCUT2D eigenvalue weighted by molar-refractivity contribution is 7.99. The van der Waals surface area contributed by atoms with Crippen LogP contribution in [0.15, 0.2) is 24.3 Å². The van der Waals surface area contributed by atoms with Gasteiger partial charge in [0.15, 0.2) is 0 Å². The monoisotopic (exact) mass is 259 g/mol. The molecule has 0 atom stereocenters. The highest BCUT2D eigenvalue weighted by atomic mass is 35.5. The van der Waals surface area contributed by atoms with Crippen LogP contribution in [-0.2, 0) is 6.54 Å². The van der Waals surface area contributed by atoms with Crippen LogP contribution in [-0.4, -0.2) is 29.8 Å². The van der Waals surface area contributed by atoms with Crippen molar-refractivity contribution in [2.45, 2.75) is 13.0 Å². The number of hydrogen-bond donors (Lipinski definition) is 2. The number of rotatable bonds is 8. The van der Waals surface area contributed by atoms with Gasteiger partial charge >= 0.3 is 0 Å². The summed E-state index contributed by atoms with van der Waals surface area (Å²) in [4.78, 5) is 0. The fourth-order valence-corrected chi connectivity index (χ4v) is 2.33. The maximum absolute atomic E-state index is 8.60. The van der Waals surface area contributed by atoms with Crippen molar-refractivity contribution in [2.24, 2.45) is 0 Å². The highest BCUT2D eigenvalue weighted by Gasteiger charge is 1.94. The lowest BCUT2D eigenvalue weighted by atomic mass is 10.2. The van der Waals surface area contributed by atoms with Crippen LogP contribution in [0.5, 0.6) is 0 Å². The fraction of sp³-hybridized carbons (Fsp3) is 0.500. The second kappa shape index (κ2) is 8.88. The lowest BCUT2D eigenvalue weighted by molar-refractivity contribution is 0.296. The summed E-state index contributed by atoms with van der Waals surface area (Å²) in [5, 5.41) is 12.8. The third-order valence-corrected chi connectivity index (χ3v) is 3.39. The number of nitrogens with one attached hydrogen (secondary N) is 1. The molecular weight excluding hydrogens is 242 g/mol. The van der Waals surface area contributed by atoms with Crippen LogP contribution >= 0.6 is 23.4 Å². The van der Waals surface area contributed by atoms with E-state index in [4.69, 9.17) is 16.7 Å². The van der Waals surface area contributed by atoms with Gasteiger partial charge in [0.25, 0.3) is 0 Å². The Hall–Kier alpha value is -0.220. The van der Waals surface area contributed by atoms with Crippen LogP contribution in [0, 0.1) is 0 Å². The molecule has 16 heavy (non-hydrogen) atoms. The number of hydrogen-bond acceptors (Lipinski definition) is 3. The van der Waals surface area contributed by atoms with Crippen molar-refractivity contribution >= 4 is 23.4 Å². The number of aliphatic hydroxyl groups excluding tert-OH is 1. The first kappa shape index (κ1) is 13.8. The lowest BCUT2D eigenvalue weighted by Gasteiger charge is -2.05. The van der Waals surface area contributed by atoms with Gasteiger partial charge < -0.3 is 10.4 Å². The van der Waals surface area contributed by atoms with Crippen molar-refractivity contribution in [1.82, 2.24) is 5.32 Å². The molecule has 0 aliphatic heterocycles. The van der Waals surface area contributed by atoms with E-state index >= 15 is 0 Å². The Morgan fingerprint density at radius 3 is 2.94 bits per heavy atom. The van der Waals surface area contributed by atoms with Gasteiger partial charge in [-0.1, -0.05) is 23.7 Å². The number of halogens is 1. The molecule has 1 rings (SSSR count). The second-order valence-corrected chi connectivity index (χ2v) is 5.16. The summed E-state index contributed by atoms with van der Waals surface area (Å²) in [5.41, 5.74) is 1.22. The zero-order valence-corrected chi connectivity index (χ0v) is 10.9. The minimum Gasteiger partial charge on any atom is -0.396 e. The Balaban J connectivity index is 2.03. The Labute approximate surface area is 106 Å². The molecule has 0 saturated heterocycles. The Morgan fingerprint density at radius 2 is 2.19 bits per heavy atom. The first-order valence-electron chi connectivity index (χ1n) is 5.46. The van der Waals surface area contributed by atoms with E-state index in [1.165, 1.54) is 5.56 Å². The van der Waals surface area contributed by atoms with Crippen molar-refractivity contribution in [2.75, 3.05) is 24.7 Å². The molecule has 1 aromatic rings. The maximum atomic E-state index is 8.60. The van der Waals surface area contributed by atoms with Gasteiger partial charge in [-0.2, -0.15) is 11.8 Å². The molecule has 0 radical (unpaired) electrons. The van der Waals surface area contributed by atoms with Gasteiger partial charge in [-0.05, 0) is 29.9 Å². The van der Waals surface area contributed by atoms with E-state index in [1.54, 1.807) is 0 Å². The van der Waals surface area contributed by atoms with E-state index in [-0.39, 0.29) is 0 Å². The summed E-state index contributed by atoms with van der Waals surface area (Å²) < 4.78 is 0. The Bertz CT molecular complexity index is 296. The molecular formula is C12H18ClNOS. The lowest BCUT2D eigenvalue weighted by Crippen LogP contribution is -2.16. The van der Waals surface area contributed by atoms with Crippen molar-refractivity contribution in [3.63, 3.8) is 0 Å². The fourth-order valence-electron chi connectivity index (χ4n) is 1.29. The molecule has 0 aliphatic rings.